The second kappa shape index (κ2) is 9.44. The minimum atomic E-state index is -0.628. The predicted octanol–water partition coefficient (Wildman–Crippen LogP) is 6.54. The van der Waals surface area contributed by atoms with Gasteiger partial charge in [0.1, 0.15) is 11.4 Å². The van der Waals surface area contributed by atoms with Gasteiger partial charge in [-0.2, -0.15) is 0 Å². The van der Waals surface area contributed by atoms with Crippen molar-refractivity contribution in [3.05, 3.63) is 99.5 Å². The third kappa shape index (κ3) is 4.57. The van der Waals surface area contributed by atoms with Crippen LogP contribution in [-0.2, 0) is 4.79 Å². The van der Waals surface area contributed by atoms with Gasteiger partial charge in [0.25, 0.3) is 0 Å². The van der Waals surface area contributed by atoms with Crippen molar-refractivity contribution in [3.8, 4) is 5.75 Å². The third-order valence-corrected chi connectivity index (χ3v) is 7.42. The highest BCUT2D eigenvalue weighted by Gasteiger charge is 2.44. The van der Waals surface area contributed by atoms with E-state index in [4.69, 9.17) is 27.9 Å². The molecule has 0 aliphatic carbocycles. The van der Waals surface area contributed by atoms with E-state index in [0.717, 1.165) is 11.1 Å². The van der Waals surface area contributed by atoms with E-state index in [-0.39, 0.29) is 24.0 Å². The molecule has 2 heterocycles. The first-order valence-corrected chi connectivity index (χ1v) is 12.3. The molecule has 1 spiro atoms. The van der Waals surface area contributed by atoms with E-state index in [1.54, 1.807) is 12.1 Å². The van der Waals surface area contributed by atoms with Gasteiger partial charge >= 0.3 is 0 Å². The third-order valence-electron chi connectivity index (χ3n) is 6.92. The van der Waals surface area contributed by atoms with Crippen molar-refractivity contribution in [1.29, 1.82) is 0 Å². The van der Waals surface area contributed by atoms with Crippen LogP contribution in [0, 0.1) is 0 Å². The molecule has 4 nitrogen and oxygen atoms in total. The molecule has 1 amide bonds. The van der Waals surface area contributed by atoms with Gasteiger partial charge in [0.2, 0.25) is 5.91 Å². The van der Waals surface area contributed by atoms with E-state index in [1.165, 1.54) is 0 Å². The lowest BCUT2D eigenvalue weighted by Gasteiger charge is -2.44. The van der Waals surface area contributed by atoms with Gasteiger partial charge in [0, 0.05) is 43.3 Å². The number of amides is 1. The Morgan fingerprint density at radius 2 is 1.53 bits per heavy atom. The minimum absolute atomic E-state index is 0.00581. The predicted molar refractivity (Wildman–Crippen MR) is 134 cm³/mol. The van der Waals surface area contributed by atoms with Crippen molar-refractivity contribution in [2.75, 3.05) is 13.1 Å². The molecule has 0 bridgehead atoms. The summed E-state index contributed by atoms with van der Waals surface area (Å²) in [5.74, 6) is 0.502. The molecule has 2 aliphatic rings. The van der Waals surface area contributed by atoms with Gasteiger partial charge < -0.3 is 9.64 Å². The van der Waals surface area contributed by atoms with Crippen LogP contribution in [0.25, 0.3) is 0 Å². The molecule has 1 saturated heterocycles. The van der Waals surface area contributed by atoms with Gasteiger partial charge in [-0.3, -0.25) is 9.59 Å². The molecule has 174 valence electrons. The molecule has 0 N–H and O–H groups in total. The van der Waals surface area contributed by atoms with Gasteiger partial charge in [-0.15, -0.1) is 0 Å². The zero-order valence-electron chi connectivity index (χ0n) is 18.7. The van der Waals surface area contributed by atoms with Crippen molar-refractivity contribution in [2.45, 2.75) is 37.2 Å². The maximum Gasteiger partial charge on any atom is 0.223 e. The number of halogens is 2. The van der Waals surface area contributed by atoms with Gasteiger partial charge in [0.05, 0.1) is 17.0 Å². The number of nitrogens with zero attached hydrogens (tertiary/aromatic N) is 1. The van der Waals surface area contributed by atoms with Crippen molar-refractivity contribution in [3.63, 3.8) is 0 Å². The van der Waals surface area contributed by atoms with Crippen LogP contribution < -0.4 is 4.74 Å². The number of rotatable bonds is 4. The second-order valence-corrected chi connectivity index (χ2v) is 9.95. The van der Waals surface area contributed by atoms with Crippen LogP contribution in [0.15, 0.2) is 72.8 Å². The lowest BCUT2D eigenvalue weighted by molar-refractivity contribution is -0.135. The largest absolute Gasteiger partial charge is 0.484 e. The van der Waals surface area contributed by atoms with E-state index in [0.29, 0.717) is 53.7 Å². The number of likely N-dealkylation sites (tertiary alicyclic amines) is 1. The summed E-state index contributed by atoms with van der Waals surface area (Å²) < 4.78 is 6.32. The average molecular weight is 494 g/mol. The first-order valence-electron chi connectivity index (χ1n) is 11.5. The fourth-order valence-electron chi connectivity index (χ4n) is 5.06. The van der Waals surface area contributed by atoms with Gasteiger partial charge in [-0.05, 0) is 23.3 Å². The fourth-order valence-corrected chi connectivity index (χ4v) is 5.59. The van der Waals surface area contributed by atoms with Crippen molar-refractivity contribution >= 4 is 34.9 Å². The summed E-state index contributed by atoms with van der Waals surface area (Å²) in [5.41, 5.74) is 2.06. The Morgan fingerprint density at radius 1 is 0.941 bits per heavy atom. The zero-order chi connectivity index (χ0) is 23.7. The smallest absolute Gasteiger partial charge is 0.223 e. The Kier molecular flexibility index (Phi) is 6.37. The molecule has 1 fully saturated rings. The summed E-state index contributed by atoms with van der Waals surface area (Å²) in [6.07, 6.45) is 1.85. The lowest BCUT2D eigenvalue weighted by atomic mass is 9.82. The highest BCUT2D eigenvalue weighted by molar-refractivity contribution is 6.36. The van der Waals surface area contributed by atoms with Crippen molar-refractivity contribution in [2.24, 2.45) is 0 Å². The van der Waals surface area contributed by atoms with Crippen LogP contribution >= 0.6 is 23.2 Å². The maximum absolute atomic E-state index is 13.4. The first kappa shape index (κ1) is 22.9. The molecular weight excluding hydrogens is 469 g/mol. The molecule has 0 unspecified atom stereocenters. The first-order chi connectivity index (χ1) is 16.4. The number of carbonyl (C=O) groups excluding carboxylic acids is 2. The molecular formula is C28H25Cl2NO3. The number of Topliss-reactive ketones (excluding diaryl/α,β-unsaturated/α-hetero) is 1. The summed E-state index contributed by atoms with van der Waals surface area (Å²) in [5, 5.41) is 0.769. The molecule has 5 rings (SSSR count). The van der Waals surface area contributed by atoms with Crippen molar-refractivity contribution < 1.29 is 14.3 Å². The normalized spacial score (nSPS) is 16.9. The summed E-state index contributed by atoms with van der Waals surface area (Å²) in [6, 6.07) is 23.5. The number of ketones is 1. The molecule has 34 heavy (non-hydrogen) atoms. The number of hydrogen-bond donors (Lipinski definition) is 0. The summed E-state index contributed by atoms with van der Waals surface area (Å²) in [7, 11) is 0. The number of piperidine rings is 1. The SMILES string of the molecule is O=C1CC2(CCN(C(=O)CC(c3ccccc3)c3ccccc3)CC2)Oc2c(Cl)cc(Cl)cc21. The number of hydrogen-bond acceptors (Lipinski definition) is 3. The molecule has 3 aromatic rings. The van der Waals surface area contributed by atoms with Crippen LogP contribution in [0.4, 0.5) is 0 Å². The van der Waals surface area contributed by atoms with Gasteiger partial charge in [-0.1, -0.05) is 83.9 Å². The molecule has 0 radical (unpaired) electrons. The molecule has 2 aliphatic heterocycles. The molecule has 3 aromatic carbocycles. The maximum atomic E-state index is 13.4. The van der Waals surface area contributed by atoms with E-state index in [9.17, 15) is 9.59 Å². The number of carbonyl (C=O) groups is 2. The number of ether oxygens (including phenoxy) is 1. The minimum Gasteiger partial charge on any atom is -0.484 e. The lowest BCUT2D eigenvalue weighted by Crippen LogP contribution is -2.52. The zero-order valence-corrected chi connectivity index (χ0v) is 20.2. The monoisotopic (exact) mass is 493 g/mol. The highest BCUT2D eigenvalue weighted by Crippen LogP contribution is 2.44. The van der Waals surface area contributed by atoms with Crippen molar-refractivity contribution in [1.82, 2.24) is 4.90 Å². The van der Waals surface area contributed by atoms with Crippen LogP contribution in [0.1, 0.15) is 53.1 Å². The Hall–Kier alpha value is -2.82. The Bertz CT molecular complexity index is 1170. The fraction of sp³-hybridized carbons (Fsp3) is 0.286. The van der Waals surface area contributed by atoms with E-state index in [2.05, 4.69) is 24.3 Å². The molecule has 6 heteroatoms. The van der Waals surface area contributed by atoms with Crippen LogP contribution in [0.5, 0.6) is 5.75 Å². The standard InChI is InChI=1S/C28H25Cl2NO3/c29-21-15-23-25(32)18-28(34-27(23)24(30)16-21)11-13-31(14-12-28)26(33)17-22(19-7-3-1-4-8-19)20-9-5-2-6-10-20/h1-10,15-16,22H,11-14,17-18H2. The van der Waals surface area contributed by atoms with E-state index >= 15 is 0 Å². The van der Waals surface area contributed by atoms with E-state index < -0.39 is 5.60 Å². The molecule has 0 atom stereocenters. The number of fused-ring (bicyclic) bond motifs is 1. The summed E-state index contributed by atoms with van der Waals surface area (Å²) in [4.78, 5) is 28.1. The summed E-state index contributed by atoms with van der Waals surface area (Å²) in [6.45, 7) is 1.09. The Labute approximate surface area is 209 Å². The van der Waals surface area contributed by atoms with E-state index in [1.807, 2.05) is 41.3 Å². The average Bonchev–Trinajstić information content (AvgIpc) is 2.85. The second-order valence-electron chi connectivity index (χ2n) is 9.11. The molecule has 0 aromatic heterocycles. The van der Waals surface area contributed by atoms with Crippen LogP contribution in [0.2, 0.25) is 10.0 Å². The van der Waals surface area contributed by atoms with Crippen LogP contribution in [-0.4, -0.2) is 35.3 Å². The van der Waals surface area contributed by atoms with Gasteiger partial charge in [-0.25, -0.2) is 0 Å². The van der Waals surface area contributed by atoms with Gasteiger partial charge in [0.15, 0.2) is 5.78 Å². The highest BCUT2D eigenvalue weighted by atomic mass is 35.5. The molecule has 0 saturated carbocycles. The van der Waals surface area contributed by atoms with Crippen LogP contribution in [0.3, 0.4) is 0 Å². The Morgan fingerprint density at radius 3 is 2.12 bits per heavy atom. The topological polar surface area (TPSA) is 46.6 Å². The quantitative estimate of drug-likeness (QED) is 0.414. The summed E-state index contributed by atoms with van der Waals surface area (Å²) >= 11 is 12.4. The Balaban J connectivity index is 1.30. The number of benzene rings is 3.